The molecule has 1 aliphatic rings. The van der Waals surface area contributed by atoms with Crippen LogP contribution in [0.2, 0.25) is 0 Å². The van der Waals surface area contributed by atoms with Gasteiger partial charge in [-0.2, -0.15) is 0 Å². The van der Waals surface area contributed by atoms with E-state index in [-0.39, 0.29) is 18.8 Å². The van der Waals surface area contributed by atoms with Crippen molar-refractivity contribution < 1.29 is 19.4 Å². The van der Waals surface area contributed by atoms with Gasteiger partial charge in [-0.15, -0.1) is 0 Å². The third-order valence-corrected chi connectivity index (χ3v) is 4.78. The highest BCUT2D eigenvalue weighted by atomic mass is 16.5. The van der Waals surface area contributed by atoms with Gasteiger partial charge in [-0.3, -0.25) is 9.59 Å². The molecule has 30 heavy (non-hydrogen) atoms. The minimum atomic E-state index is -0.452. The highest BCUT2D eigenvalue weighted by Gasteiger charge is 2.23. The summed E-state index contributed by atoms with van der Waals surface area (Å²) in [7, 11) is 0. The molecular weight excluding hydrogens is 380 g/mol. The van der Waals surface area contributed by atoms with Crippen LogP contribution >= 0.6 is 0 Å². The summed E-state index contributed by atoms with van der Waals surface area (Å²) in [6, 6.07) is 14.8. The van der Waals surface area contributed by atoms with Crippen LogP contribution in [-0.2, 0) is 4.79 Å². The number of hydrogen-bond donors (Lipinski definition) is 3. The standard InChI is InChI=1S/C24H28N2O4/c1-2-15-30-21-11-9-20(10-12-21)23(28)26-22(24(29)25-13-14-27)16-17-3-5-18(6-4-17)19-7-8-19/h3-6,9-12,16,19,27H,2,7-8,13-15H2,1H3,(H,25,29)(H,26,28)/b22-16-. The van der Waals surface area contributed by atoms with Gasteiger partial charge < -0.3 is 20.5 Å². The van der Waals surface area contributed by atoms with E-state index in [2.05, 4.69) is 22.8 Å². The molecule has 1 saturated carbocycles. The molecule has 2 amide bonds. The first-order valence-electron chi connectivity index (χ1n) is 10.4. The van der Waals surface area contributed by atoms with Crippen LogP contribution in [0, 0.1) is 0 Å². The van der Waals surface area contributed by atoms with Crippen LogP contribution in [0.15, 0.2) is 54.2 Å². The fourth-order valence-corrected chi connectivity index (χ4v) is 2.99. The Bertz CT molecular complexity index is 884. The molecule has 2 aromatic rings. The van der Waals surface area contributed by atoms with Crippen LogP contribution in [0.1, 0.15) is 53.6 Å². The second-order valence-corrected chi connectivity index (χ2v) is 7.31. The topological polar surface area (TPSA) is 87.7 Å². The zero-order valence-electron chi connectivity index (χ0n) is 17.2. The number of hydrogen-bond acceptors (Lipinski definition) is 4. The number of ether oxygens (including phenoxy) is 1. The van der Waals surface area contributed by atoms with Crippen molar-refractivity contribution in [3.05, 3.63) is 70.9 Å². The first-order chi connectivity index (χ1) is 14.6. The van der Waals surface area contributed by atoms with Crippen LogP contribution in [-0.4, -0.2) is 36.7 Å². The number of aliphatic hydroxyl groups excluding tert-OH is 1. The highest BCUT2D eigenvalue weighted by Crippen LogP contribution is 2.39. The SMILES string of the molecule is CCCOc1ccc(C(=O)N/C(=C\c2ccc(C3CC3)cc2)C(=O)NCCO)cc1. The molecule has 0 bridgehead atoms. The quantitative estimate of drug-likeness (QED) is 0.527. The van der Waals surface area contributed by atoms with E-state index in [1.54, 1.807) is 30.3 Å². The fourth-order valence-electron chi connectivity index (χ4n) is 2.99. The normalized spacial score (nSPS) is 13.6. The lowest BCUT2D eigenvalue weighted by atomic mass is 10.1. The number of rotatable bonds is 10. The molecule has 3 rings (SSSR count). The summed E-state index contributed by atoms with van der Waals surface area (Å²) in [5.41, 5.74) is 2.66. The molecular formula is C24H28N2O4. The monoisotopic (exact) mass is 408 g/mol. The van der Waals surface area contributed by atoms with E-state index in [1.807, 2.05) is 19.1 Å². The van der Waals surface area contributed by atoms with Crippen molar-refractivity contribution >= 4 is 17.9 Å². The van der Waals surface area contributed by atoms with Gasteiger partial charge in [-0.25, -0.2) is 0 Å². The molecule has 0 radical (unpaired) electrons. The summed E-state index contributed by atoms with van der Waals surface area (Å²) < 4.78 is 5.53. The molecule has 0 aliphatic heterocycles. The third kappa shape index (κ3) is 6.19. The molecule has 158 valence electrons. The molecule has 2 aromatic carbocycles. The number of carbonyl (C=O) groups is 2. The number of carbonyl (C=O) groups excluding carboxylic acids is 2. The van der Waals surface area contributed by atoms with Gasteiger partial charge in [0.25, 0.3) is 11.8 Å². The molecule has 1 aliphatic carbocycles. The summed E-state index contributed by atoms with van der Waals surface area (Å²) in [5.74, 6) is 0.503. The zero-order chi connectivity index (χ0) is 21.3. The molecule has 0 heterocycles. The van der Waals surface area contributed by atoms with E-state index in [4.69, 9.17) is 9.84 Å². The van der Waals surface area contributed by atoms with Crippen molar-refractivity contribution in [3.63, 3.8) is 0 Å². The average molecular weight is 408 g/mol. The van der Waals surface area contributed by atoms with E-state index in [9.17, 15) is 9.59 Å². The molecule has 0 spiro atoms. The summed E-state index contributed by atoms with van der Waals surface area (Å²) in [4.78, 5) is 25.2. The summed E-state index contributed by atoms with van der Waals surface area (Å²) in [6.07, 6.45) is 4.99. The zero-order valence-corrected chi connectivity index (χ0v) is 17.2. The first kappa shape index (κ1) is 21.6. The minimum absolute atomic E-state index is 0.107. The van der Waals surface area contributed by atoms with Crippen molar-refractivity contribution in [1.29, 1.82) is 0 Å². The van der Waals surface area contributed by atoms with Crippen molar-refractivity contribution in [2.75, 3.05) is 19.8 Å². The third-order valence-electron chi connectivity index (χ3n) is 4.78. The van der Waals surface area contributed by atoms with E-state index >= 15 is 0 Å². The average Bonchev–Trinajstić information content (AvgIpc) is 3.62. The van der Waals surface area contributed by atoms with Gasteiger partial charge in [0, 0.05) is 12.1 Å². The van der Waals surface area contributed by atoms with Gasteiger partial charge in [0.05, 0.1) is 13.2 Å². The maximum absolute atomic E-state index is 12.7. The Balaban J connectivity index is 1.74. The van der Waals surface area contributed by atoms with Crippen LogP contribution in [0.3, 0.4) is 0 Å². The van der Waals surface area contributed by atoms with E-state index in [1.165, 1.54) is 18.4 Å². The minimum Gasteiger partial charge on any atom is -0.494 e. The number of aliphatic hydroxyl groups is 1. The molecule has 3 N–H and O–H groups in total. The number of benzene rings is 2. The Morgan fingerprint density at radius 2 is 1.80 bits per heavy atom. The lowest BCUT2D eigenvalue weighted by molar-refractivity contribution is -0.117. The van der Waals surface area contributed by atoms with Crippen LogP contribution in [0.5, 0.6) is 5.75 Å². The van der Waals surface area contributed by atoms with Crippen LogP contribution < -0.4 is 15.4 Å². The van der Waals surface area contributed by atoms with E-state index in [0.29, 0.717) is 23.8 Å². The Kier molecular flexibility index (Phi) is 7.63. The Hall–Kier alpha value is -3.12. The largest absolute Gasteiger partial charge is 0.494 e. The van der Waals surface area contributed by atoms with Gasteiger partial charge in [-0.1, -0.05) is 31.2 Å². The van der Waals surface area contributed by atoms with E-state index < -0.39 is 11.8 Å². The second-order valence-electron chi connectivity index (χ2n) is 7.31. The predicted molar refractivity (Wildman–Crippen MR) is 116 cm³/mol. The second kappa shape index (κ2) is 10.6. The smallest absolute Gasteiger partial charge is 0.267 e. The molecule has 0 aromatic heterocycles. The molecule has 0 atom stereocenters. The first-order valence-corrected chi connectivity index (χ1v) is 10.4. The summed E-state index contributed by atoms with van der Waals surface area (Å²) in [5, 5.41) is 14.3. The van der Waals surface area contributed by atoms with Crippen molar-refractivity contribution in [2.24, 2.45) is 0 Å². The van der Waals surface area contributed by atoms with Gasteiger partial charge in [-0.05, 0) is 66.6 Å². The molecule has 0 saturated heterocycles. The fraction of sp³-hybridized carbons (Fsp3) is 0.333. The maximum Gasteiger partial charge on any atom is 0.267 e. The Labute approximate surface area is 177 Å². The Morgan fingerprint density at radius 3 is 2.40 bits per heavy atom. The van der Waals surface area contributed by atoms with Crippen molar-refractivity contribution in [2.45, 2.75) is 32.1 Å². The lowest BCUT2D eigenvalue weighted by Gasteiger charge is -2.11. The summed E-state index contributed by atoms with van der Waals surface area (Å²) in [6.45, 7) is 2.57. The lowest BCUT2D eigenvalue weighted by Crippen LogP contribution is -2.36. The molecule has 1 fully saturated rings. The van der Waals surface area contributed by atoms with Gasteiger partial charge in [0.2, 0.25) is 0 Å². The highest BCUT2D eigenvalue weighted by molar-refractivity contribution is 6.05. The number of amides is 2. The van der Waals surface area contributed by atoms with Crippen molar-refractivity contribution in [3.8, 4) is 5.75 Å². The van der Waals surface area contributed by atoms with Gasteiger partial charge in [0.15, 0.2) is 0 Å². The number of nitrogens with one attached hydrogen (secondary N) is 2. The molecule has 6 heteroatoms. The van der Waals surface area contributed by atoms with Gasteiger partial charge >= 0.3 is 0 Å². The van der Waals surface area contributed by atoms with Crippen LogP contribution in [0.4, 0.5) is 0 Å². The Morgan fingerprint density at radius 1 is 1.10 bits per heavy atom. The van der Waals surface area contributed by atoms with Crippen molar-refractivity contribution in [1.82, 2.24) is 10.6 Å². The maximum atomic E-state index is 12.7. The molecule has 0 unspecified atom stereocenters. The van der Waals surface area contributed by atoms with E-state index in [0.717, 1.165) is 12.0 Å². The van der Waals surface area contributed by atoms with Crippen LogP contribution in [0.25, 0.3) is 6.08 Å². The van der Waals surface area contributed by atoms with Gasteiger partial charge in [0.1, 0.15) is 11.4 Å². The molecule has 6 nitrogen and oxygen atoms in total. The summed E-state index contributed by atoms with van der Waals surface area (Å²) >= 11 is 0. The predicted octanol–water partition coefficient (Wildman–Crippen LogP) is 3.23.